The van der Waals surface area contributed by atoms with Crippen LogP contribution in [0.4, 0.5) is 16.2 Å². The third-order valence-corrected chi connectivity index (χ3v) is 6.94. The van der Waals surface area contributed by atoms with Gasteiger partial charge in [-0.15, -0.1) is 0 Å². The number of hydrogen-bond acceptors (Lipinski definition) is 5. The highest BCUT2D eigenvalue weighted by Gasteiger charge is 2.34. The van der Waals surface area contributed by atoms with Crippen molar-refractivity contribution >= 4 is 40.7 Å². The lowest BCUT2D eigenvalue weighted by Gasteiger charge is -2.38. The van der Waals surface area contributed by atoms with Gasteiger partial charge in [-0.3, -0.25) is 0 Å². The van der Waals surface area contributed by atoms with Crippen LogP contribution in [0.25, 0.3) is 0 Å². The van der Waals surface area contributed by atoms with Crippen LogP contribution < -0.4 is 15.5 Å². The van der Waals surface area contributed by atoms with Crippen molar-refractivity contribution in [2.45, 2.75) is 50.5 Å². The standard InChI is InChI=1S/C23H29ClFN5OS/c1-16-4-2-3-11-30(16)20-14-19(24)27-21(28-20)29-22(32)26-15-23(9-12-31-13-10-23)17-5-7-18(25)8-6-17/h5-8,14,16H,2-4,9-13,15H2,1H3,(H2,26,27,28,29,32)/t16-/m1/s1. The van der Waals surface area contributed by atoms with Crippen LogP contribution in [0.2, 0.25) is 5.15 Å². The molecule has 2 aliphatic rings. The Morgan fingerprint density at radius 2 is 2.00 bits per heavy atom. The molecule has 2 aromatic rings. The maximum atomic E-state index is 13.5. The number of benzene rings is 1. The van der Waals surface area contributed by atoms with Crippen molar-refractivity contribution in [3.63, 3.8) is 0 Å². The Kier molecular flexibility index (Phi) is 7.43. The van der Waals surface area contributed by atoms with E-state index in [-0.39, 0.29) is 11.2 Å². The Bertz CT molecular complexity index is 938. The minimum absolute atomic E-state index is 0.179. The molecule has 1 atom stereocenters. The number of hydrogen-bond donors (Lipinski definition) is 2. The van der Waals surface area contributed by atoms with Gasteiger partial charge in [-0.2, -0.15) is 4.98 Å². The van der Waals surface area contributed by atoms with E-state index >= 15 is 0 Å². The van der Waals surface area contributed by atoms with Crippen molar-refractivity contribution in [1.29, 1.82) is 0 Å². The molecule has 0 radical (unpaired) electrons. The summed E-state index contributed by atoms with van der Waals surface area (Å²) in [5.41, 5.74) is 0.902. The summed E-state index contributed by atoms with van der Waals surface area (Å²) in [5.74, 6) is 0.957. The van der Waals surface area contributed by atoms with E-state index < -0.39 is 0 Å². The average molecular weight is 478 g/mol. The molecule has 4 rings (SSSR count). The molecule has 0 unspecified atom stereocenters. The minimum Gasteiger partial charge on any atom is -0.381 e. The highest BCUT2D eigenvalue weighted by Crippen LogP contribution is 2.34. The summed E-state index contributed by atoms with van der Waals surface area (Å²) in [7, 11) is 0. The van der Waals surface area contributed by atoms with Crippen LogP contribution in [0.1, 0.15) is 44.6 Å². The first kappa shape index (κ1) is 23.1. The molecule has 2 fully saturated rings. The summed E-state index contributed by atoms with van der Waals surface area (Å²) in [5, 5.41) is 7.22. The lowest BCUT2D eigenvalue weighted by atomic mass is 9.74. The molecular weight excluding hydrogens is 449 g/mol. The summed E-state index contributed by atoms with van der Waals surface area (Å²) in [6.45, 7) is 5.09. The monoisotopic (exact) mass is 477 g/mol. The molecule has 172 valence electrons. The number of rotatable bonds is 5. The first-order valence-corrected chi connectivity index (χ1v) is 11.9. The van der Waals surface area contributed by atoms with Crippen molar-refractivity contribution in [2.75, 3.05) is 36.5 Å². The van der Waals surface area contributed by atoms with Gasteiger partial charge in [0.15, 0.2) is 5.11 Å². The maximum Gasteiger partial charge on any atom is 0.232 e. The van der Waals surface area contributed by atoms with Gasteiger partial charge >= 0.3 is 0 Å². The van der Waals surface area contributed by atoms with E-state index in [4.69, 9.17) is 28.6 Å². The first-order valence-electron chi connectivity index (χ1n) is 11.2. The quantitative estimate of drug-likeness (QED) is 0.478. The van der Waals surface area contributed by atoms with E-state index in [1.807, 2.05) is 12.1 Å². The minimum atomic E-state index is -0.238. The third-order valence-electron chi connectivity index (χ3n) is 6.50. The van der Waals surface area contributed by atoms with Crippen molar-refractivity contribution < 1.29 is 9.13 Å². The second kappa shape index (κ2) is 10.3. The average Bonchev–Trinajstić information content (AvgIpc) is 2.79. The number of thiocarbonyl (C=S) groups is 1. The predicted molar refractivity (Wildman–Crippen MR) is 130 cm³/mol. The molecule has 1 aromatic carbocycles. The highest BCUT2D eigenvalue weighted by molar-refractivity contribution is 7.80. The van der Waals surface area contributed by atoms with Gasteiger partial charge in [-0.1, -0.05) is 23.7 Å². The summed E-state index contributed by atoms with van der Waals surface area (Å²) in [4.78, 5) is 11.2. The normalized spacial score (nSPS) is 20.6. The smallest absolute Gasteiger partial charge is 0.232 e. The van der Waals surface area contributed by atoms with Crippen molar-refractivity contribution in [1.82, 2.24) is 15.3 Å². The molecule has 0 spiro atoms. The fourth-order valence-corrected chi connectivity index (χ4v) is 4.92. The molecule has 1 aromatic heterocycles. The largest absolute Gasteiger partial charge is 0.381 e. The molecule has 2 saturated heterocycles. The maximum absolute atomic E-state index is 13.5. The second-order valence-electron chi connectivity index (χ2n) is 8.62. The molecule has 0 bridgehead atoms. The SMILES string of the molecule is C[C@@H]1CCCCN1c1cc(Cl)nc(NC(=S)NCC2(c3ccc(F)cc3)CCOCC2)n1. The fourth-order valence-electron chi connectivity index (χ4n) is 4.58. The Morgan fingerprint density at radius 3 is 2.72 bits per heavy atom. The summed E-state index contributed by atoms with van der Waals surface area (Å²) in [6, 6.07) is 8.93. The van der Waals surface area contributed by atoms with Crippen LogP contribution in [-0.4, -0.2) is 47.4 Å². The number of nitrogens with zero attached hydrogens (tertiary/aromatic N) is 3. The van der Waals surface area contributed by atoms with Crippen molar-refractivity contribution in [3.05, 3.63) is 46.9 Å². The molecule has 6 nitrogen and oxygen atoms in total. The second-order valence-corrected chi connectivity index (χ2v) is 9.41. The molecule has 2 aliphatic heterocycles. The molecule has 32 heavy (non-hydrogen) atoms. The van der Waals surface area contributed by atoms with Crippen LogP contribution in [0.15, 0.2) is 30.3 Å². The highest BCUT2D eigenvalue weighted by atomic mass is 35.5. The van der Waals surface area contributed by atoms with Crippen molar-refractivity contribution in [3.8, 4) is 0 Å². The number of aromatic nitrogens is 2. The lowest BCUT2D eigenvalue weighted by Crippen LogP contribution is -2.45. The molecule has 0 aliphatic carbocycles. The molecule has 3 heterocycles. The fraction of sp³-hybridized carbons (Fsp3) is 0.522. The summed E-state index contributed by atoms with van der Waals surface area (Å²) >= 11 is 11.8. The third kappa shape index (κ3) is 5.47. The zero-order chi connectivity index (χ0) is 22.6. The van der Waals surface area contributed by atoms with Gasteiger partial charge in [0.2, 0.25) is 5.95 Å². The van der Waals surface area contributed by atoms with Crippen molar-refractivity contribution in [2.24, 2.45) is 0 Å². The zero-order valence-electron chi connectivity index (χ0n) is 18.2. The van der Waals surface area contributed by atoms with Gasteiger partial charge < -0.3 is 20.3 Å². The molecule has 0 saturated carbocycles. The Morgan fingerprint density at radius 1 is 1.25 bits per heavy atom. The van der Waals surface area contributed by atoms with Gasteiger partial charge in [0.1, 0.15) is 16.8 Å². The Balaban J connectivity index is 1.44. The molecule has 0 amide bonds. The van der Waals surface area contributed by atoms with Crippen LogP contribution >= 0.6 is 23.8 Å². The van der Waals surface area contributed by atoms with Gasteiger partial charge in [0.25, 0.3) is 0 Å². The molecular formula is C23H29ClFN5OS. The Hall–Kier alpha value is -2.03. The van der Waals surface area contributed by atoms with Crippen LogP contribution in [0.5, 0.6) is 0 Å². The number of halogens is 2. The van der Waals surface area contributed by atoms with Gasteiger partial charge in [0, 0.05) is 43.8 Å². The van der Waals surface area contributed by atoms with E-state index in [1.165, 1.54) is 18.6 Å². The lowest BCUT2D eigenvalue weighted by molar-refractivity contribution is 0.0515. The molecule has 2 N–H and O–H groups in total. The van der Waals surface area contributed by atoms with E-state index in [9.17, 15) is 4.39 Å². The van der Waals surface area contributed by atoms with Gasteiger partial charge in [0.05, 0.1) is 0 Å². The molecule has 9 heteroatoms. The van der Waals surface area contributed by atoms with Crippen LogP contribution in [-0.2, 0) is 10.2 Å². The van der Waals surface area contributed by atoms with E-state index in [2.05, 4.69) is 32.4 Å². The first-order chi connectivity index (χ1) is 15.4. The van der Waals surface area contributed by atoms with E-state index in [1.54, 1.807) is 6.07 Å². The summed E-state index contributed by atoms with van der Waals surface area (Å²) in [6.07, 6.45) is 5.18. The summed E-state index contributed by atoms with van der Waals surface area (Å²) < 4.78 is 19.0. The predicted octanol–water partition coefficient (Wildman–Crippen LogP) is 4.68. The van der Waals surface area contributed by atoms with E-state index in [0.717, 1.165) is 43.6 Å². The number of anilines is 2. The Labute approximate surface area is 198 Å². The van der Waals surface area contributed by atoms with Crippen LogP contribution in [0.3, 0.4) is 0 Å². The topological polar surface area (TPSA) is 62.3 Å². The van der Waals surface area contributed by atoms with Gasteiger partial charge in [-0.25, -0.2) is 9.37 Å². The van der Waals surface area contributed by atoms with Gasteiger partial charge in [-0.05, 0) is 68.9 Å². The number of piperidine rings is 1. The zero-order valence-corrected chi connectivity index (χ0v) is 19.8. The van der Waals surface area contributed by atoms with E-state index in [0.29, 0.717) is 42.0 Å². The number of ether oxygens (including phenoxy) is 1. The van der Waals surface area contributed by atoms with Crippen LogP contribution in [0, 0.1) is 5.82 Å². The number of nitrogens with one attached hydrogen (secondary N) is 2.